The van der Waals surface area contributed by atoms with Crippen LogP contribution in [0.2, 0.25) is 0 Å². The van der Waals surface area contributed by atoms with Crippen LogP contribution in [-0.2, 0) is 0 Å². The third-order valence-electron chi connectivity index (χ3n) is 3.80. The van der Waals surface area contributed by atoms with E-state index in [-0.39, 0.29) is 13.2 Å². The highest BCUT2D eigenvalue weighted by atomic mass is 16.6. The zero-order chi connectivity index (χ0) is 19.6. The van der Waals surface area contributed by atoms with Crippen molar-refractivity contribution in [3.05, 3.63) is 72.8 Å². The first-order valence-corrected chi connectivity index (χ1v) is 9.31. The third kappa shape index (κ3) is 5.18. The van der Waals surface area contributed by atoms with Gasteiger partial charge in [-0.3, -0.25) is 0 Å². The summed E-state index contributed by atoms with van der Waals surface area (Å²) in [6, 6.07) is 22.3. The van der Waals surface area contributed by atoms with Crippen molar-refractivity contribution in [2.45, 2.75) is 13.3 Å². The molecule has 0 spiro atoms. The lowest BCUT2D eigenvalue weighted by molar-refractivity contribution is 0.197. The molecule has 3 aromatic carbocycles. The molecule has 0 saturated heterocycles. The Morgan fingerprint density at radius 2 is 0.929 bits per heavy atom. The van der Waals surface area contributed by atoms with Gasteiger partial charge in [-0.15, -0.1) is 0 Å². The summed E-state index contributed by atoms with van der Waals surface area (Å²) in [6.07, 6.45) is 0.915. The molecular weight excluding hydrogens is 356 g/mol. The summed E-state index contributed by atoms with van der Waals surface area (Å²) in [6.45, 7) is 2.81. The van der Waals surface area contributed by atoms with Gasteiger partial charge in [0, 0.05) is 0 Å². The van der Waals surface area contributed by atoms with E-state index in [4.69, 9.17) is 24.1 Å². The van der Waals surface area contributed by atoms with Crippen molar-refractivity contribution >= 4 is 0 Å². The van der Waals surface area contributed by atoms with E-state index < -0.39 is 0 Å². The van der Waals surface area contributed by atoms with Gasteiger partial charge in [-0.25, -0.2) is 0 Å². The van der Waals surface area contributed by atoms with Crippen LogP contribution in [0, 0.1) is 0 Å². The molecular formula is C23H24O5. The van der Waals surface area contributed by atoms with E-state index in [0.717, 1.165) is 6.42 Å². The SMILES string of the molecule is CCCOc1ccccc1Oc1ccccc1Oc1ccccc1OCCO. The standard InChI is InChI=1S/C23H24O5/c1-2-16-25-18-9-3-5-11-20(18)27-22-13-7-8-14-23(22)28-21-12-6-4-10-19(21)26-17-15-24/h3-14,24H,2,15-17H2,1H3. The number of hydrogen-bond acceptors (Lipinski definition) is 5. The summed E-state index contributed by atoms with van der Waals surface area (Å²) in [5, 5.41) is 9.01. The second kappa shape index (κ2) is 10.2. The fourth-order valence-corrected chi connectivity index (χ4v) is 2.53. The van der Waals surface area contributed by atoms with Gasteiger partial charge in [0.05, 0.1) is 13.2 Å². The van der Waals surface area contributed by atoms with Crippen molar-refractivity contribution in [2.75, 3.05) is 19.8 Å². The molecule has 0 aliphatic heterocycles. The Bertz CT molecular complexity index is 806. The minimum Gasteiger partial charge on any atom is -0.490 e. The van der Waals surface area contributed by atoms with Crippen molar-refractivity contribution in [2.24, 2.45) is 0 Å². The molecule has 0 atom stereocenters. The van der Waals surface area contributed by atoms with Crippen molar-refractivity contribution in [3.63, 3.8) is 0 Å². The molecule has 0 heterocycles. The Morgan fingerprint density at radius 3 is 1.32 bits per heavy atom. The largest absolute Gasteiger partial charge is 0.490 e. The normalized spacial score (nSPS) is 10.4. The molecule has 0 aromatic heterocycles. The van der Waals surface area contributed by atoms with Gasteiger partial charge in [-0.05, 0) is 42.8 Å². The zero-order valence-electron chi connectivity index (χ0n) is 15.8. The molecule has 3 aromatic rings. The summed E-state index contributed by atoms with van der Waals surface area (Å²) in [5.74, 6) is 3.52. The summed E-state index contributed by atoms with van der Waals surface area (Å²) >= 11 is 0. The Labute approximate surface area is 165 Å². The van der Waals surface area contributed by atoms with Crippen molar-refractivity contribution < 1.29 is 24.1 Å². The lowest BCUT2D eigenvalue weighted by Gasteiger charge is -2.16. The van der Waals surface area contributed by atoms with Gasteiger partial charge in [0.1, 0.15) is 6.61 Å². The predicted octanol–water partition coefficient (Wildman–Crippen LogP) is 5.43. The summed E-state index contributed by atoms with van der Waals surface area (Å²) in [5.41, 5.74) is 0. The number of ether oxygens (including phenoxy) is 4. The van der Waals surface area contributed by atoms with Crippen LogP contribution >= 0.6 is 0 Å². The molecule has 0 aliphatic carbocycles. The van der Waals surface area contributed by atoms with Crippen molar-refractivity contribution in [1.82, 2.24) is 0 Å². The van der Waals surface area contributed by atoms with Gasteiger partial charge in [0.25, 0.3) is 0 Å². The highest BCUT2D eigenvalue weighted by Gasteiger charge is 2.12. The van der Waals surface area contributed by atoms with Crippen molar-refractivity contribution in [1.29, 1.82) is 0 Å². The number of aliphatic hydroxyl groups excluding tert-OH is 1. The van der Waals surface area contributed by atoms with Crippen LogP contribution in [0.4, 0.5) is 0 Å². The van der Waals surface area contributed by atoms with Crippen LogP contribution in [-0.4, -0.2) is 24.9 Å². The number of hydrogen-bond donors (Lipinski definition) is 1. The smallest absolute Gasteiger partial charge is 0.170 e. The Morgan fingerprint density at radius 1 is 0.571 bits per heavy atom. The van der Waals surface area contributed by atoms with E-state index in [1.54, 1.807) is 6.07 Å². The van der Waals surface area contributed by atoms with E-state index in [1.807, 2.05) is 66.7 Å². The Kier molecular flexibility index (Phi) is 7.15. The van der Waals surface area contributed by atoms with Gasteiger partial charge in [-0.2, -0.15) is 0 Å². The first kappa shape index (κ1) is 19.6. The maximum absolute atomic E-state index is 9.01. The van der Waals surface area contributed by atoms with E-state index in [0.29, 0.717) is 41.1 Å². The molecule has 0 radical (unpaired) electrons. The molecule has 0 bridgehead atoms. The fourth-order valence-electron chi connectivity index (χ4n) is 2.53. The Balaban J connectivity index is 1.84. The Hall–Kier alpha value is -3.18. The lowest BCUT2D eigenvalue weighted by Crippen LogP contribution is -2.03. The van der Waals surface area contributed by atoms with Crippen LogP contribution in [0.3, 0.4) is 0 Å². The maximum atomic E-state index is 9.01. The highest BCUT2D eigenvalue weighted by molar-refractivity contribution is 5.50. The van der Waals surface area contributed by atoms with Gasteiger partial charge in [0.15, 0.2) is 34.5 Å². The van der Waals surface area contributed by atoms with Crippen LogP contribution in [0.15, 0.2) is 72.8 Å². The second-order valence-electron chi connectivity index (χ2n) is 5.96. The molecule has 0 amide bonds. The first-order valence-electron chi connectivity index (χ1n) is 9.31. The number of benzene rings is 3. The fraction of sp³-hybridized carbons (Fsp3) is 0.217. The first-order chi connectivity index (χ1) is 13.8. The number of rotatable bonds is 10. The predicted molar refractivity (Wildman–Crippen MR) is 108 cm³/mol. The quantitative estimate of drug-likeness (QED) is 0.508. The summed E-state index contributed by atoms with van der Waals surface area (Å²) in [4.78, 5) is 0. The number of para-hydroxylation sites is 6. The molecule has 28 heavy (non-hydrogen) atoms. The summed E-state index contributed by atoms with van der Waals surface area (Å²) < 4.78 is 23.5. The molecule has 0 saturated carbocycles. The molecule has 5 nitrogen and oxygen atoms in total. The molecule has 0 aliphatic rings. The molecule has 0 unspecified atom stereocenters. The van der Waals surface area contributed by atoms with E-state index in [2.05, 4.69) is 6.92 Å². The zero-order valence-corrected chi connectivity index (χ0v) is 15.8. The van der Waals surface area contributed by atoms with E-state index in [9.17, 15) is 0 Å². The molecule has 1 N–H and O–H groups in total. The van der Waals surface area contributed by atoms with Crippen LogP contribution in [0.25, 0.3) is 0 Å². The maximum Gasteiger partial charge on any atom is 0.170 e. The average molecular weight is 380 g/mol. The summed E-state index contributed by atoms with van der Waals surface area (Å²) in [7, 11) is 0. The van der Waals surface area contributed by atoms with E-state index >= 15 is 0 Å². The van der Waals surface area contributed by atoms with Crippen LogP contribution < -0.4 is 18.9 Å². The second-order valence-corrected chi connectivity index (χ2v) is 5.96. The molecule has 3 rings (SSSR count). The highest BCUT2D eigenvalue weighted by Crippen LogP contribution is 2.40. The van der Waals surface area contributed by atoms with Crippen LogP contribution in [0.5, 0.6) is 34.5 Å². The molecule has 5 heteroatoms. The van der Waals surface area contributed by atoms with Gasteiger partial charge < -0.3 is 24.1 Å². The molecule has 146 valence electrons. The lowest BCUT2D eigenvalue weighted by atomic mass is 10.3. The minimum absolute atomic E-state index is 0.0669. The van der Waals surface area contributed by atoms with Gasteiger partial charge in [0.2, 0.25) is 0 Å². The van der Waals surface area contributed by atoms with Crippen molar-refractivity contribution in [3.8, 4) is 34.5 Å². The number of aliphatic hydroxyl groups is 1. The molecule has 0 fully saturated rings. The van der Waals surface area contributed by atoms with Crippen LogP contribution in [0.1, 0.15) is 13.3 Å². The minimum atomic E-state index is -0.0669. The third-order valence-corrected chi connectivity index (χ3v) is 3.80. The van der Waals surface area contributed by atoms with Gasteiger partial charge in [-0.1, -0.05) is 43.3 Å². The van der Waals surface area contributed by atoms with E-state index in [1.165, 1.54) is 0 Å². The topological polar surface area (TPSA) is 57.2 Å². The van der Waals surface area contributed by atoms with Gasteiger partial charge >= 0.3 is 0 Å². The monoisotopic (exact) mass is 380 g/mol. The average Bonchev–Trinajstić information content (AvgIpc) is 2.74.